The molecule has 2 atom stereocenters. The fraction of sp³-hybridized carbons (Fsp3) is 1.00. The quantitative estimate of drug-likeness (QED) is 0.662. The molecule has 1 aliphatic carbocycles. The molecule has 0 aromatic carbocycles. The van der Waals surface area contributed by atoms with E-state index in [2.05, 4.69) is 4.90 Å². The first-order valence-electron chi connectivity index (χ1n) is 5.98. The smallest absolute Gasteiger partial charge is 0.0586 e. The molecule has 1 saturated carbocycles. The van der Waals surface area contributed by atoms with E-state index in [9.17, 15) is 0 Å². The molecule has 0 aromatic rings. The summed E-state index contributed by atoms with van der Waals surface area (Å²) in [6.07, 6.45) is 5.29. The first kappa shape index (κ1) is 12.9. The molecule has 4 N–H and O–H groups in total. The van der Waals surface area contributed by atoms with E-state index < -0.39 is 0 Å². The monoisotopic (exact) mass is 215 g/mol. The van der Waals surface area contributed by atoms with Gasteiger partial charge in [-0.05, 0) is 25.7 Å². The van der Waals surface area contributed by atoms with Crippen molar-refractivity contribution in [2.45, 2.75) is 37.8 Å². The van der Waals surface area contributed by atoms with Gasteiger partial charge in [-0.15, -0.1) is 0 Å². The Morgan fingerprint density at radius 2 is 1.87 bits per heavy atom. The first-order chi connectivity index (χ1) is 7.31. The number of methoxy groups -OCH3 is 1. The number of rotatable bonds is 6. The zero-order valence-electron chi connectivity index (χ0n) is 9.82. The molecule has 0 bridgehead atoms. The first-order valence-corrected chi connectivity index (χ1v) is 5.98. The molecule has 1 fully saturated rings. The average molecular weight is 215 g/mol. The third-order valence-electron chi connectivity index (χ3n) is 3.28. The SMILES string of the molecule is COC1CCCC(N(CCN)CCN)C1. The molecule has 1 rings (SSSR count). The van der Waals surface area contributed by atoms with Crippen LogP contribution in [0.4, 0.5) is 0 Å². The van der Waals surface area contributed by atoms with E-state index in [0.717, 1.165) is 19.5 Å². The van der Waals surface area contributed by atoms with Crippen molar-refractivity contribution in [3.8, 4) is 0 Å². The van der Waals surface area contributed by atoms with Crippen LogP contribution in [0.2, 0.25) is 0 Å². The highest BCUT2D eigenvalue weighted by atomic mass is 16.5. The van der Waals surface area contributed by atoms with Gasteiger partial charge in [0.05, 0.1) is 6.10 Å². The second-order valence-electron chi connectivity index (χ2n) is 4.29. The van der Waals surface area contributed by atoms with Gasteiger partial charge in [-0.3, -0.25) is 4.90 Å². The second-order valence-corrected chi connectivity index (χ2v) is 4.29. The summed E-state index contributed by atoms with van der Waals surface area (Å²) in [6, 6.07) is 0.621. The topological polar surface area (TPSA) is 64.5 Å². The summed E-state index contributed by atoms with van der Waals surface area (Å²) in [5.74, 6) is 0. The number of hydrogen-bond acceptors (Lipinski definition) is 4. The van der Waals surface area contributed by atoms with Crippen LogP contribution in [0.15, 0.2) is 0 Å². The van der Waals surface area contributed by atoms with Gasteiger partial charge < -0.3 is 16.2 Å². The minimum Gasteiger partial charge on any atom is -0.381 e. The van der Waals surface area contributed by atoms with Crippen molar-refractivity contribution >= 4 is 0 Å². The molecule has 0 saturated heterocycles. The molecule has 2 unspecified atom stereocenters. The van der Waals surface area contributed by atoms with Crippen LogP contribution in [-0.2, 0) is 4.74 Å². The fourth-order valence-electron chi connectivity index (χ4n) is 2.47. The number of nitrogens with zero attached hydrogens (tertiary/aromatic N) is 1. The summed E-state index contributed by atoms with van der Waals surface area (Å²) in [5.41, 5.74) is 11.2. The maximum Gasteiger partial charge on any atom is 0.0586 e. The summed E-state index contributed by atoms with van der Waals surface area (Å²) in [7, 11) is 1.81. The molecule has 0 radical (unpaired) electrons. The Hall–Kier alpha value is -0.160. The van der Waals surface area contributed by atoms with Crippen molar-refractivity contribution in [3.05, 3.63) is 0 Å². The summed E-state index contributed by atoms with van der Waals surface area (Å²) < 4.78 is 5.44. The molecule has 0 heterocycles. The van der Waals surface area contributed by atoms with E-state index >= 15 is 0 Å². The number of hydrogen-bond donors (Lipinski definition) is 2. The molecule has 4 nitrogen and oxygen atoms in total. The van der Waals surface area contributed by atoms with Gasteiger partial charge in [0.25, 0.3) is 0 Å². The van der Waals surface area contributed by atoms with E-state index in [-0.39, 0.29) is 0 Å². The van der Waals surface area contributed by atoms with E-state index in [0.29, 0.717) is 25.2 Å². The second kappa shape index (κ2) is 7.17. The van der Waals surface area contributed by atoms with E-state index in [1.807, 2.05) is 7.11 Å². The maximum absolute atomic E-state index is 5.62. The van der Waals surface area contributed by atoms with Gasteiger partial charge in [0, 0.05) is 39.3 Å². The van der Waals surface area contributed by atoms with E-state index in [1.54, 1.807) is 0 Å². The number of ether oxygens (including phenoxy) is 1. The van der Waals surface area contributed by atoms with Gasteiger partial charge in [0.1, 0.15) is 0 Å². The van der Waals surface area contributed by atoms with Crippen LogP contribution >= 0.6 is 0 Å². The van der Waals surface area contributed by atoms with Gasteiger partial charge in [0.15, 0.2) is 0 Å². The van der Waals surface area contributed by atoms with Crippen LogP contribution in [0.25, 0.3) is 0 Å². The molecule has 0 aromatic heterocycles. The Kier molecular flexibility index (Phi) is 6.17. The lowest BCUT2D eigenvalue weighted by atomic mass is 9.91. The largest absolute Gasteiger partial charge is 0.381 e. The van der Waals surface area contributed by atoms with Gasteiger partial charge >= 0.3 is 0 Å². The van der Waals surface area contributed by atoms with Crippen LogP contribution in [-0.4, -0.2) is 50.3 Å². The summed E-state index contributed by atoms with van der Waals surface area (Å²) in [5, 5.41) is 0. The molecule has 0 aliphatic heterocycles. The zero-order valence-corrected chi connectivity index (χ0v) is 9.82. The highest BCUT2D eigenvalue weighted by Gasteiger charge is 2.25. The molecule has 1 aliphatic rings. The van der Waals surface area contributed by atoms with Crippen molar-refractivity contribution in [2.75, 3.05) is 33.3 Å². The van der Waals surface area contributed by atoms with Crippen molar-refractivity contribution in [2.24, 2.45) is 11.5 Å². The Labute approximate surface area is 92.9 Å². The molecule has 15 heavy (non-hydrogen) atoms. The van der Waals surface area contributed by atoms with E-state index in [1.165, 1.54) is 19.3 Å². The Balaban J connectivity index is 2.42. The summed E-state index contributed by atoms with van der Waals surface area (Å²) in [6.45, 7) is 3.35. The molecule has 4 heteroatoms. The van der Waals surface area contributed by atoms with Crippen molar-refractivity contribution in [1.29, 1.82) is 0 Å². The standard InChI is InChI=1S/C11H25N3O/c1-15-11-4-2-3-10(9-11)14(7-5-12)8-6-13/h10-11H,2-9,12-13H2,1H3. The Morgan fingerprint density at radius 3 is 2.40 bits per heavy atom. The lowest BCUT2D eigenvalue weighted by molar-refractivity contribution is 0.0294. The van der Waals surface area contributed by atoms with Crippen molar-refractivity contribution in [3.63, 3.8) is 0 Å². The minimum absolute atomic E-state index is 0.432. The normalized spacial score (nSPS) is 27.2. The van der Waals surface area contributed by atoms with Crippen LogP contribution in [0.5, 0.6) is 0 Å². The average Bonchev–Trinajstić information content (AvgIpc) is 2.29. The van der Waals surface area contributed by atoms with Crippen molar-refractivity contribution in [1.82, 2.24) is 4.90 Å². The minimum atomic E-state index is 0.432. The van der Waals surface area contributed by atoms with Crippen LogP contribution in [0, 0.1) is 0 Å². The Bertz CT molecular complexity index is 160. The molecule has 0 spiro atoms. The third kappa shape index (κ3) is 4.07. The molecular formula is C11H25N3O. The van der Waals surface area contributed by atoms with Gasteiger partial charge in [-0.25, -0.2) is 0 Å². The summed E-state index contributed by atoms with van der Waals surface area (Å²) in [4.78, 5) is 2.42. The van der Waals surface area contributed by atoms with E-state index in [4.69, 9.17) is 16.2 Å². The van der Waals surface area contributed by atoms with Gasteiger partial charge in [0.2, 0.25) is 0 Å². The highest BCUT2D eigenvalue weighted by Crippen LogP contribution is 2.24. The van der Waals surface area contributed by atoms with Crippen LogP contribution < -0.4 is 11.5 Å². The lowest BCUT2D eigenvalue weighted by Crippen LogP contribution is -2.45. The zero-order chi connectivity index (χ0) is 11.1. The lowest BCUT2D eigenvalue weighted by Gasteiger charge is -2.36. The van der Waals surface area contributed by atoms with Crippen LogP contribution in [0.1, 0.15) is 25.7 Å². The van der Waals surface area contributed by atoms with Gasteiger partial charge in [-0.2, -0.15) is 0 Å². The maximum atomic E-state index is 5.62. The summed E-state index contributed by atoms with van der Waals surface area (Å²) >= 11 is 0. The van der Waals surface area contributed by atoms with Crippen molar-refractivity contribution < 1.29 is 4.74 Å². The predicted octanol–water partition coefficient (Wildman–Crippen LogP) is 0.163. The highest BCUT2D eigenvalue weighted by molar-refractivity contribution is 4.81. The third-order valence-corrected chi connectivity index (χ3v) is 3.28. The van der Waals surface area contributed by atoms with Crippen LogP contribution in [0.3, 0.4) is 0 Å². The Morgan fingerprint density at radius 1 is 1.20 bits per heavy atom. The predicted molar refractivity (Wildman–Crippen MR) is 62.7 cm³/mol. The van der Waals surface area contributed by atoms with Gasteiger partial charge in [-0.1, -0.05) is 0 Å². The molecular weight excluding hydrogens is 190 g/mol. The molecule has 0 amide bonds. The number of nitrogens with two attached hydrogens (primary N) is 2. The molecule has 90 valence electrons. The fourth-order valence-corrected chi connectivity index (χ4v) is 2.47.